The van der Waals surface area contributed by atoms with Crippen molar-refractivity contribution >= 4 is 5.97 Å². The molecule has 1 heterocycles. The van der Waals surface area contributed by atoms with Crippen LogP contribution < -0.4 is 0 Å². The van der Waals surface area contributed by atoms with Crippen LogP contribution in [-0.2, 0) is 14.3 Å². The van der Waals surface area contributed by atoms with Gasteiger partial charge in [-0.05, 0) is 19.8 Å². The average molecular weight is 476 g/mol. The Morgan fingerprint density at radius 1 is 1.00 bits per heavy atom. The van der Waals surface area contributed by atoms with E-state index in [9.17, 15) is 36.2 Å². The molecule has 1 saturated heterocycles. The van der Waals surface area contributed by atoms with Gasteiger partial charge in [-0.1, -0.05) is 25.8 Å². The van der Waals surface area contributed by atoms with Crippen LogP contribution in [0.4, 0.5) is 43.9 Å². The minimum absolute atomic E-state index is 0.107. The molecule has 1 aliphatic heterocycles. The number of alkyl halides is 10. The number of carbonyl (C=O) groups is 1. The quantitative estimate of drug-likeness (QED) is 0.358. The van der Waals surface area contributed by atoms with Crippen molar-refractivity contribution in [2.75, 3.05) is 0 Å². The van der Waals surface area contributed by atoms with Crippen LogP contribution in [0, 0.1) is 5.92 Å². The molecule has 2 aliphatic rings. The molecular formula is C17H18F10O4. The van der Waals surface area contributed by atoms with Gasteiger partial charge in [0.15, 0.2) is 0 Å². The summed E-state index contributed by atoms with van der Waals surface area (Å²) >= 11 is 0. The average Bonchev–Trinajstić information content (AvgIpc) is 2.63. The number of esters is 1. The number of carbonyl (C=O) groups excluding carboxylic acids is 1. The second-order valence-electron chi connectivity index (χ2n) is 7.62. The summed E-state index contributed by atoms with van der Waals surface area (Å²) in [4.78, 5) is 11.4. The molecule has 1 N–H and O–H groups in total. The predicted molar refractivity (Wildman–Crippen MR) is 82.0 cm³/mol. The van der Waals surface area contributed by atoms with E-state index in [2.05, 4.69) is 16.1 Å². The predicted octanol–water partition coefficient (Wildman–Crippen LogP) is 4.91. The Morgan fingerprint density at radius 2 is 1.48 bits per heavy atom. The lowest BCUT2D eigenvalue weighted by molar-refractivity contribution is -0.559. The Kier molecular flexibility index (Phi) is 5.98. The van der Waals surface area contributed by atoms with Gasteiger partial charge in [-0.2, -0.15) is 43.9 Å². The topological polar surface area (TPSA) is 55.8 Å². The number of aliphatic hydroxyl groups is 1. The van der Waals surface area contributed by atoms with E-state index in [0.717, 1.165) is 0 Å². The van der Waals surface area contributed by atoms with Gasteiger partial charge in [-0.3, -0.25) is 0 Å². The zero-order valence-corrected chi connectivity index (χ0v) is 15.8. The lowest BCUT2D eigenvalue weighted by Gasteiger charge is -2.61. The molecule has 0 aromatic heterocycles. The Morgan fingerprint density at radius 3 is 1.87 bits per heavy atom. The van der Waals surface area contributed by atoms with Crippen LogP contribution in [0.1, 0.15) is 39.0 Å². The lowest BCUT2D eigenvalue weighted by atomic mass is 9.62. The van der Waals surface area contributed by atoms with Gasteiger partial charge in [-0.25, -0.2) is 4.79 Å². The third-order valence-electron chi connectivity index (χ3n) is 5.84. The molecule has 14 heteroatoms. The zero-order chi connectivity index (χ0) is 24.3. The highest BCUT2D eigenvalue weighted by Gasteiger charge is 2.96. The molecule has 1 saturated carbocycles. The zero-order valence-electron chi connectivity index (χ0n) is 15.8. The smallest absolute Gasteiger partial charge is 0.415 e. The van der Waals surface area contributed by atoms with Crippen LogP contribution >= 0.6 is 0 Å². The molecule has 2 rings (SSSR count). The Bertz CT molecular complexity index is 727. The second-order valence-corrected chi connectivity index (χ2v) is 7.62. The number of ether oxygens (including phenoxy) is 2. The fourth-order valence-corrected chi connectivity index (χ4v) is 4.06. The fourth-order valence-electron chi connectivity index (χ4n) is 4.06. The van der Waals surface area contributed by atoms with Gasteiger partial charge >= 0.3 is 36.0 Å². The van der Waals surface area contributed by atoms with E-state index in [4.69, 9.17) is 0 Å². The number of halogens is 10. The molecule has 0 radical (unpaired) electrons. The molecule has 4 nitrogen and oxygen atoms in total. The normalized spacial score (nSPS) is 36.6. The first kappa shape index (κ1) is 25.7. The van der Waals surface area contributed by atoms with Crippen LogP contribution in [0.15, 0.2) is 12.7 Å². The van der Waals surface area contributed by atoms with E-state index >= 15 is 17.6 Å². The molecule has 0 bridgehead atoms. The highest BCUT2D eigenvalue weighted by Crippen LogP contribution is 2.68. The number of hydrogen-bond donors (Lipinski definition) is 1. The third kappa shape index (κ3) is 3.15. The minimum Gasteiger partial charge on any atom is -0.415 e. The SMILES string of the molecule is C=CC(=O)OC1(C(F)(F)F)OC(C)(C(F)(F)F)C(F)(F)C(O)(C2CCCCC2)C1(F)F. The summed E-state index contributed by atoms with van der Waals surface area (Å²) < 4.78 is 150. The van der Waals surface area contributed by atoms with Crippen LogP contribution in [0.25, 0.3) is 0 Å². The maximum Gasteiger partial charge on any atom is 0.462 e. The Hall–Kier alpha value is -1.57. The first-order valence-electron chi connectivity index (χ1n) is 8.94. The number of rotatable bonds is 3. The summed E-state index contributed by atoms with van der Waals surface area (Å²) in [5.41, 5.74) is -10.6. The van der Waals surface area contributed by atoms with Crippen molar-refractivity contribution < 1.29 is 63.3 Å². The van der Waals surface area contributed by atoms with E-state index in [-0.39, 0.29) is 25.3 Å². The van der Waals surface area contributed by atoms with Gasteiger partial charge in [-0.15, -0.1) is 0 Å². The summed E-state index contributed by atoms with van der Waals surface area (Å²) in [6.45, 7) is 2.04. The molecule has 31 heavy (non-hydrogen) atoms. The van der Waals surface area contributed by atoms with Crippen LogP contribution in [0.3, 0.4) is 0 Å². The summed E-state index contributed by atoms with van der Waals surface area (Å²) in [7, 11) is 0. The van der Waals surface area contributed by atoms with Crippen molar-refractivity contribution in [3.63, 3.8) is 0 Å². The number of hydrogen-bond acceptors (Lipinski definition) is 4. The third-order valence-corrected chi connectivity index (χ3v) is 5.84. The first-order chi connectivity index (χ1) is 13.8. The van der Waals surface area contributed by atoms with Gasteiger partial charge in [0.25, 0.3) is 0 Å². The van der Waals surface area contributed by atoms with E-state index < -0.39 is 72.8 Å². The molecule has 1 aliphatic carbocycles. The van der Waals surface area contributed by atoms with E-state index in [1.165, 1.54) is 0 Å². The van der Waals surface area contributed by atoms with Crippen molar-refractivity contribution in [2.45, 2.75) is 80.2 Å². The Labute approximate surface area is 169 Å². The summed E-state index contributed by atoms with van der Waals surface area (Å²) in [5.74, 6) is -22.9. The minimum atomic E-state index is -6.68. The van der Waals surface area contributed by atoms with Gasteiger partial charge in [0, 0.05) is 12.0 Å². The van der Waals surface area contributed by atoms with E-state index in [1.807, 2.05) is 0 Å². The molecule has 180 valence electrons. The molecule has 2 fully saturated rings. The largest absolute Gasteiger partial charge is 0.462 e. The summed E-state index contributed by atoms with van der Waals surface area (Å²) in [6, 6.07) is 0. The van der Waals surface area contributed by atoms with Crippen LogP contribution in [0.2, 0.25) is 0 Å². The van der Waals surface area contributed by atoms with Crippen LogP contribution in [-0.4, -0.2) is 52.3 Å². The monoisotopic (exact) mass is 476 g/mol. The molecule has 0 aromatic rings. The first-order valence-corrected chi connectivity index (χ1v) is 8.94. The molecular weight excluding hydrogens is 458 g/mol. The van der Waals surface area contributed by atoms with E-state index in [0.29, 0.717) is 0 Å². The lowest BCUT2D eigenvalue weighted by Crippen LogP contribution is -2.88. The maximum atomic E-state index is 15.3. The highest BCUT2D eigenvalue weighted by atomic mass is 19.4. The second kappa shape index (κ2) is 7.22. The molecule has 0 spiro atoms. The summed E-state index contributed by atoms with van der Waals surface area (Å²) in [5, 5.41) is 10.5. The van der Waals surface area contributed by atoms with Gasteiger partial charge in [0.2, 0.25) is 11.2 Å². The van der Waals surface area contributed by atoms with Crippen LogP contribution in [0.5, 0.6) is 0 Å². The standard InChI is InChI=1S/C17H18F10O4/c1-3-10(28)30-15(17(25,26)27)14(20,21)12(29,9-7-5-4-6-8-9)13(18,19)11(2,31-15)16(22,23)24/h3,9,29H,1,4-8H2,2H3. The van der Waals surface area contributed by atoms with Crippen molar-refractivity contribution in [3.8, 4) is 0 Å². The highest BCUT2D eigenvalue weighted by molar-refractivity contribution is 5.81. The van der Waals surface area contributed by atoms with E-state index in [1.54, 1.807) is 0 Å². The molecule has 3 unspecified atom stereocenters. The van der Waals surface area contributed by atoms with Gasteiger partial charge in [0.1, 0.15) is 0 Å². The van der Waals surface area contributed by atoms with Gasteiger partial charge < -0.3 is 14.6 Å². The molecule has 0 aromatic carbocycles. The summed E-state index contributed by atoms with van der Waals surface area (Å²) in [6.07, 6.45) is -14.6. The Balaban J connectivity index is 2.96. The molecule has 0 amide bonds. The van der Waals surface area contributed by atoms with Crippen molar-refractivity contribution in [2.24, 2.45) is 5.92 Å². The van der Waals surface area contributed by atoms with Crippen molar-refractivity contribution in [3.05, 3.63) is 12.7 Å². The van der Waals surface area contributed by atoms with Crippen molar-refractivity contribution in [1.82, 2.24) is 0 Å². The van der Waals surface area contributed by atoms with Crippen molar-refractivity contribution in [1.29, 1.82) is 0 Å². The fraction of sp³-hybridized carbons (Fsp3) is 0.824. The molecule has 3 atom stereocenters. The van der Waals surface area contributed by atoms with Gasteiger partial charge in [0.05, 0.1) is 0 Å². The maximum absolute atomic E-state index is 15.3.